The molecule has 1 spiro atoms. The molecule has 1 aliphatic carbocycles. The van der Waals surface area contributed by atoms with Gasteiger partial charge in [0.25, 0.3) is 0 Å². The molecule has 1 unspecified atom stereocenters. The van der Waals surface area contributed by atoms with E-state index in [4.69, 9.17) is 0 Å². The molecule has 0 bridgehead atoms. The molecule has 1 saturated carbocycles. The lowest BCUT2D eigenvalue weighted by molar-refractivity contribution is -0.135. The second-order valence-electron chi connectivity index (χ2n) is 10.9. The van der Waals surface area contributed by atoms with E-state index in [0.29, 0.717) is 17.2 Å². The fourth-order valence-electron chi connectivity index (χ4n) is 6.42. The number of amides is 1. The van der Waals surface area contributed by atoms with Crippen molar-refractivity contribution in [3.8, 4) is 0 Å². The summed E-state index contributed by atoms with van der Waals surface area (Å²) in [6.45, 7) is 10.6. The number of thiophene rings is 1. The zero-order chi connectivity index (χ0) is 23.0. The second kappa shape index (κ2) is 9.63. The van der Waals surface area contributed by atoms with E-state index in [0.717, 1.165) is 58.8 Å². The summed E-state index contributed by atoms with van der Waals surface area (Å²) in [7, 11) is 0. The zero-order valence-corrected chi connectivity index (χ0v) is 21.1. The van der Waals surface area contributed by atoms with Crippen molar-refractivity contribution in [1.29, 1.82) is 0 Å². The number of likely N-dealkylation sites (tertiary alicyclic amines) is 1. The van der Waals surface area contributed by atoms with E-state index < -0.39 is 0 Å². The SMILES string of the molecule is O=C(C1CC12CCN(Cc1ccc(N3CCCC3)cc1)CC2)N1CCN(Cc2cccs2)CC1. The van der Waals surface area contributed by atoms with Gasteiger partial charge in [-0.05, 0) is 79.8 Å². The Morgan fingerprint density at radius 1 is 0.853 bits per heavy atom. The summed E-state index contributed by atoms with van der Waals surface area (Å²) in [5.74, 6) is 0.736. The summed E-state index contributed by atoms with van der Waals surface area (Å²) >= 11 is 1.83. The van der Waals surface area contributed by atoms with Gasteiger partial charge in [-0.1, -0.05) is 18.2 Å². The second-order valence-corrected chi connectivity index (χ2v) is 12.0. The molecule has 4 heterocycles. The number of anilines is 1. The average Bonchev–Trinajstić information content (AvgIpc) is 3.25. The Labute approximate surface area is 208 Å². The number of piperazine rings is 1. The Morgan fingerprint density at radius 3 is 2.24 bits per heavy atom. The third-order valence-electron chi connectivity index (χ3n) is 8.80. The largest absolute Gasteiger partial charge is 0.372 e. The highest BCUT2D eigenvalue weighted by Gasteiger charge is 2.59. The number of nitrogens with zero attached hydrogens (tertiary/aromatic N) is 4. The molecule has 1 atom stereocenters. The molecular formula is C28H38N4OS. The molecule has 34 heavy (non-hydrogen) atoms. The molecule has 182 valence electrons. The van der Waals surface area contributed by atoms with Crippen LogP contribution in [-0.2, 0) is 17.9 Å². The smallest absolute Gasteiger partial charge is 0.226 e. The van der Waals surface area contributed by atoms with Crippen molar-refractivity contribution in [2.75, 3.05) is 57.3 Å². The first-order chi connectivity index (χ1) is 16.7. The van der Waals surface area contributed by atoms with E-state index in [2.05, 4.69) is 61.4 Å². The maximum Gasteiger partial charge on any atom is 0.226 e. The van der Waals surface area contributed by atoms with Crippen LogP contribution >= 0.6 is 11.3 Å². The number of carbonyl (C=O) groups is 1. The summed E-state index contributed by atoms with van der Waals surface area (Å²) in [4.78, 5) is 24.4. The van der Waals surface area contributed by atoms with Crippen LogP contribution in [0.15, 0.2) is 41.8 Å². The maximum absolute atomic E-state index is 13.3. The summed E-state index contributed by atoms with van der Waals surface area (Å²) in [6.07, 6.45) is 6.15. The van der Waals surface area contributed by atoms with Crippen LogP contribution in [0.2, 0.25) is 0 Å². The number of benzene rings is 1. The highest BCUT2D eigenvalue weighted by Crippen LogP contribution is 2.60. The van der Waals surface area contributed by atoms with Gasteiger partial charge in [-0.2, -0.15) is 0 Å². The Morgan fingerprint density at radius 2 is 1.56 bits per heavy atom. The van der Waals surface area contributed by atoms with Gasteiger partial charge in [0.2, 0.25) is 5.91 Å². The molecule has 6 heteroatoms. The molecule has 3 aliphatic heterocycles. The van der Waals surface area contributed by atoms with Gasteiger partial charge >= 0.3 is 0 Å². The van der Waals surface area contributed by atoms with Crippen molar-refractivity contribution in [2.24, 2.45) is 11.3 Å². The van der Waals surface area contributed by atoms with E-state index in [1.807, 2.05) is 11.3 Å². The molecule has 6 rings (SSSR count). The Balaban J connectivity index is 0.950. The predicted octanol–water partition coefficient (Wildman–Crippen LogP) is 4.29. The van der Waals surface area contributed by atoms with Gasteiger partial charge in [-0.25, -0.2) is 0 Å². The molecule has 0 N–H and O–H groups in total. The molecule has 1 aromatic heterocycles. The van der Waals surface area contributed by atoms with Gasteiger partial charge in [0, 0.05) is 68.8 Å². The van der Waals surface area contributed by atoms with Crippen molar-refractivity contribution in [2.45, 2.75) is 45.2 Å². The lowest BCUT2D eigenvalue weighted by atomic mass is 9.90. The van der Waals surface area contributed by atoms with E-state index in [1.54, 1.807) is 0 Å². The quantitative estimate of drug-likeness (QED) is 0.620. The number of carbonyl (C=O) groups excluding carboxylic acids is 1. The highest BCUT2D eigenvalue weighted by molar-refractivity contribution is 7.09. The number of hydrogen-bond acceptors (Lipinski definition) is 5. The standard InChI is InChI=1S/C28H38N4OS/c33-27(32-17-15-30(16-18-32)22-25-4-3-19-34-25)26-20-28(26)9-13-29(14-10-28)21-23-5-7-24(8-6-23)31-11-1-2-12-31/h3-8,19,26H,1-2,9-18,20-22H2. The molecule has 2 aromatic rings. The van der Waals surface area contributed by atoms with Crippen LogP contribution in [-0.4, -0.2) is 73.0 Å². The van der Waals surface area contributed by atoms with Crippen LogP contribution in [0.1, 0.15) is 42.5 Å². The minimum Gasteiger partial charge on any atom is -0.372 e. The summed E-state index contributed by atoms with van der Waals surface area (Å²) in [5.41, 5.74) is 3.11. The first-order valence-corrected chi connectivity index (χ1v) is 14.2. The van der Waals surface area contributed by atoms with Gasteiger partial charge in [-0.15, -0.1) is 11.3 Å². The highest BCUT2D eigenvalue weighted by atomic mass is 32.1. The van der Waals surface area contributed by atoms with Gasteiger partial charge in [0.05, 0.1) is 0 Å². The average molecular weight is 479 g/mol. The molecule has 4 aliphatic rings. The lowest BCUT2D eigenvalue weighted by Gasteiger charge is -2.36. The predicted molar refractivity (Wildman–Crippen MR) is 139 cm³/mol. The first-order valence-electron chi connectivity index (χ1n) is 13.3. The molecule has 4 fully saturated rings. The Bertz CT molecular complexity index is 953. The monoisotopic (exact) mass is 478 g/mol. The summed E-state index contributed by atoms with van der Waals surface area (Å²) < 4.78 is 0. The van der Waals surface area contributed by atoms with Crippen LogP contribution < -0.4 is 4.90 Å². The van der Waals surface area contributed by atoms with Crippen molar-refractivity contribution < 1.29 is 4.79 Å². The van der Waals surface area contributed by atoms with Gasteiger partial charge in [0.15, 0.2) is 0 Å². The zero-order valence-electron chi connectivity index (χ0n) is 20.3. The van der Waals surface area contributed by atoms with Crippen LogP contribution in [0.3, 0.4) is 0 Å². The van der Waals surface area contributed by atoms with Crippen molar-refractivity contribution in [3.63, 3.8) is 0 Å². The van der Waals surface area contributed by atoms with Crippen molar-refractivity contribution in [3.05, 3.63) is 52.2 Å². The van der Waals surface area contributed by atoms with E-state index >= 15 is 0 Å². The third kappa shape index (κ3) is 4.77. The molecule has 3 saturated heterocycles. The van der Waals surface area contributed by atoms with Crippen molar-refractivity contribution in [1.82, 2.24) is 14.7 Å². The first kappa shape index (κ1) is 22.6. The van der Waals surface area contributed by atoms with Crippen molar-refractivity contribution >= 4 is 22.9 Å². The van der Waals surface area contributed by atoms with E-state index in [-0.39, 0.29) is 0 Å². The Kier molecular flexibility index (Phi) is 6.39. The lowest BCUT2D eigenvalue weighted by Crippen LogP contribution is -2.49. The fraction of sp³-hybridized carbons (Fsp3) is 0.607. The third-order valence-corrected chi connectivity index (χ3v) is 9.66. The van der Waals surface area contributed by atoms with E-state index in [9.17, 15) is 4.79 Å². The van der Waals surface area contributed by atoms with E-state index in [1.165, 1.54) is 54.9 Å². The minimum absolute atomic E-state index is 0.290. The van der Waals surface area contributed by atoms with Gasteiger partial charge in [-0.3, -0.25) is 14.6 Å². The number of rotatable bonds is 6. The van der Waals surface area contributed by atoms with Gasteiger partial charge < -0.3 is 9.80 Å². The number of piperidine rings is 1. The van der Waals surface area contributed by atoms with Crippen LogP contribution in [0.4, 0.5) is 5.69 Å². The Hall–Kier alpha value is -1.89. The van der Waals surface area contributed by atoms with Crippen LogP contribution in [0, 0.1) is 11.3 Å². The van der Waals surface area contributed by atoms with Gasteiger partial charge in [0.1, 0.15) is 0 Å². The molecule has 0 radical (unpaired) electrons. The fourth-order valence-corrected chi connectivity index (χ4v) is 7.17. The minimum atomic E-state index is 0.290. The number of hydrogen-bond donors (Lipinski definition) is 0. The van der Waals surface area contributed by atoms with Crippen LogP contribution in [0.25, 0.3) is 0 Å². The summed E-state index contributed by atoms with van der Waals surface area (Å²) in [6, 6.07) is 13.6. The molecule has 5 nitrogen and oxygen atoms in total. The van der Waals surface area contributed by atoms with Crippen LogP contribution in [0.5, 0.6) is 0 Å². The molecule has 1 amide bonds. The topological polar surface area (TPSA) is 30.0 Å². The normalized spacial score (nSPS) is 25.2. The molecule has 1 aromatic carbocycles. The molecular weight excluding hydrogens is 440 g/mol. The summed E-state index contributed by atoms with van der Waals surface area (Å²) in [5, 5.41) is 2.15. The maximum atomic E-state index is 13.3.